The summed E-state index contributed by atoms with van der Waals surface area (Å²) in [5, 5.41) is 6.13. The molecular weight excluding hydrogens is 246 g/mol. The summed E-state index contributed by atoms with van der Waals surface area (Å²) in [5.41, 5.74) is 6.81. The van der Waals surface area contributed by atoms with Crippen LogP contribution in [0.15, 0.2) is 5.38 Å². The molecule has 0 bridgehead atoms. The normalized spacial score (nSPS) is 12.4. The van der Waals surface area contributed by atoms with Gasteiger partial charge in [0.15, 0.2) is 0 Å². The number of hydrogen-bond donors (Lipinski definition) is 2. The molecule has 0 aliphatic rings. The fraction of sp³-hybridized carbons (Fsp3) is 0.692. The molecule has 0 saturated carbocycles. The molecule has 1 amide bonds. The number of nitrogens with zero attached hydrogens (tertiary/aromatic N) is 1. The molecule has 1 heterocycles. The van der Waals surface area contributed by atoms with Crippen molar-refractivity contribution in [3.05, 3.63) is 16.1 Å². The van der Waals surface area contributed by atoms with Gasteiger partial charge in [0.25, 0.3) is 0 Å². The molecule has 102 valence electrons. The van der Waals surface area contributed by atoms with E-state index in [1.165, 1.54) is 5.01 Å². The van der Waals surface area contributed by atoms with E-state index in [0.29, 0.717) is 6.54 Å². The standard InChI is InChI=1S/C13H23N3OS/c1-3-6-11(14)13(17)15-8-5-4-7-12-16-10(2)9-18-12/h9,11H,3-8,14H2,1-2H3,(H,15,17). The summed E-state index contributed by atoms with van der Waals surface area (Å²) in [6.07, 6.45) is 4.72. The number of aryl methyl sites for hydroxylation is 2. The highest BCUT2D eigenvalue weighted by Gasteiger charge is 2.10. The number of rotatable bonds is 8. The zero-order chi connectivity index (χ0) is 13.4. The van der Waals surface area contributed by atoms with Gasteiger partial charge in [0.1, 0.15) is 0 Å². The molecule has 0 spiro atoms. The maximum absolute atomic E-state index is 11.5. The first kappa shape index (κ1) is 15.1. The second kappa shape index (κ2) is 8.21. The molecule has 0 radical (unpaired) electrons. The summed E-state index contributed by atoms with van der Waals surface area (Å²) in [4.78, 5) is 15.9. The summed E-state index contributed by atoms with van der Waals surface area (Å²) in [6.45, 7) is 4.75. The lowest BCUT2D eigenvalue weighted by Crippen LogP contribution is -2.40. The van der Waals surface area contributed by atoms with Gasteiger partial charge < -0.3 is 11.1 Å². The lowest BCUT2D eigenvalue weighted by atomic mass is 10.1. The number of amides is 1. The van der Waals surface area contributed by atoms with E-state index in [1.807, 2.05) is 13.8 Å². The highest BCUT2D eigenvalue weighted by atomic mass is 32.1. The molecule has 0 fully saturated rings. The van der Waals surface area contributed by atoms with Gasteiger partial charge >= 0.3 is 0 Å². The third-order valence-corrected chi connectivity index (χ3v) is 3.75. The highest BCUT2D eigenvalue weighted by molar-refractivity contribution is 7.09. The van der Waals surface area contributed by atoms with Crippen LogP contribution in [0.5, 0.6) is 0 Å². The zero-order valence-corrected chi connectivity index (χ0v) is 12.1. The maximum atomic E-state index is 11.5. The van der Waals surface area contributed by atoms with E-state index in [1.54, 1.807) is 11.3 Å². The zero-order valence-electron chi connectivity index (χ0n) is 11.2. The Morgan fingerprint density at radius 3 is 2.94 bits per heavy atom. The molecule has 18 heavy (non-hydrogen) atoms. The largest absolute Gasteiger partial charge is 0.355 e. The SMILES string of the molecule is CCCC(N)C(=O)NCCCCc1nc(C)cs1. The maximum Gasteiger partial charge on any atom is 0.236 e. The van der Waals surface area contributed by atoms with Crippen LogP contribution in [-0.2, 0) is 11.2 Å². The first-order valence-corrected chi connectivity index (χ1v) is 7.45. The van der Waals surface area contributed by atoms with Crippen molar-refractivity contribution in [2.24, 2.45) is 5.73 Å². The number of nitrogens with one attached hydrogen (secondary N) is 1. The molecule has 0 aromatic carbocycles. The van der Waals surface area contributed by atoms with Gasteiger partial charge in [0.2, 0.25) is 5.91 Å². The second-order valence-electron chi connectivity index (χ2n) is 4.53. The molecule has 1 aromatic rings. The molecule has 0 aliphatic carbocycles. The van der Waals surface area contributed by atoms with Crippen molar-refractivity contribution in [3.63, 3.8) is 0 Å². The van der Waals surface area contributed by atoms with Gasteiger partial charge in [0.05, 0.1) is 11.0 Å². The number of thiazole rings is 1. The first-order chi connectivity index (χ1) is 8.63. The monoisotopic (exact) mass is 269 g/mol. The number of aromatic nitrogens is 1. The summed E-state index contributed by atoms with van der Waals surface area (Å²) < 4.78 is 0. The molecule has 1 atom stereocenters. The minimum atomic E-state index is -0.350. The molecule has 3 N–H and O–H groups in total. The van der Waals surface area contributed by atoms with Crippen LogP contribution in [0.3, 0.4) is 0 Å². The number of nitrogens with two attached hydrogens (primary N) is 1. The Labute approximate surface area is 113 Å². The van der Waals surface area contributed by atoms with E-state index < -0.39 is 0 Å². The van der Waals surface area contributed by atoms with Gasteiger partial charge in [-0.25, -0.2) is 4.98 Å². The highest BCUT2D eigenvalue weighted by Crippen LogP contribution is 2.11. The molecule has 5 heteroatoms. The van der Waals surface area contributed by atoms with Crippen molar-refractivity contribution in [3.8, 4) is 0 Å². The Kier molecular flexibility index (Phi) is 6.90. The van der Waals surface area contributed by atoms with Crippen LogP contribution in [0.2, 0.25) is 0 Å². The summed E-state index contributed by atoms with van der Waals surface area (Å²) >= 11 is 1.71. The van der Waals surface area contributed by atoms with Crippen LogP contribution in [-0.4, -0.2) is 23.5 Å². The third kappa shape index (κ3) is 5.60. The minimum Gasteiger partial charge on any atom is -0.355 e. The molecule has 4 nitrogen and oxygen atoms in total. The fourth-order valence-electron chi connectivity index (χ4n) is 1.70. The fourth-order valence-corrected chi connectivity index (χ4v) is 2.52. The number of unbranched alkanes of at least 4 members (excludes halogenated alkanes) is 1. The van der Waals surface area contributed by atoms with Gasteiger partial charge in [-0.1, -0.05) is 13.3 Å². The first-order valence-electron chi connectivity index (χ1n) is 6.57. The van der Waals surface area contributed by atoms with E-state index >= 15 is 0 Å². The van der Waals surface area contributed by atoms with Crippen LogP contribution < -0.4 is 11.1 Å². The Balaban J connectivity index is 2.06. The van der Waals surface area contributed by atoms with Crippen LogP contribution in [0.1, 0.15) is 43.3 Å². The summed E-state index contributed by atoms with van der Waals surface area (Å²) in [7, 11) is 0. The van der Waals surface area contributed by atoms with E-state index in [2.05, 4.69) is 15.7 Å². The van der Waals surface area contributed by atoms with Crippen LogP contribution in [0, 0.1) is 6.92 Å². The molecule has 1 rings (SSSR count). The van der Waals surface area contributed by atoms with Crippen LogP contribution in [0.25, 0.3) is 0 Å². The molecule has 0 saturated heterocycles. The smallest absolute Gasteiger partial charge is 0.236 e. The predicted octanol–water partition coefficient (Wildman–Crippen LogP) is 2.02. The number of hydrogen-bond acceptors (Lipinski definition) is 4. The topological polar surface area (TPSA) is 68.0 Å². The second-order valence-corrected chi connectivity index (χ2v) is 5.47. The predicted molar refractivity (Wildman–Crippen MR) is 75.7 cm³/mol. The summed E-state index contributed by atoms with van der Waals surface area (Å²) in [5.74, 6) is -0.0260. The van der Waals surface area contributed by atoms with E-state index in [4.69, 9.17) is 5.73 Å². The molecule has 1 aromatic heterocycles. The Morgan fingerprint density at radius 1 is 1.56 bits per heavy atom. The summed E-state index contributed by atoms with van der Waals surface area (Å²) in [6, 6.07) is -0.350. The van der Waals surface area contributed by atoms with Gasteiger partial charge in [-0.15, -0.1) is 11.3 Å². The lowest BCUT2D eigenvalue weighted by Gasteiger charge is -2.10. The van der Waals surface area contributed by atoms with Crippen molar-refractivity contribution in [2.45, 2.75) is 52.0 Å². The Morgan fingerprint density at radius 2 is 2.33 bits per heavy atom. The van der Waals surface area contributed by atoms with Crippen molar-refractivity contribution in [1.29, 1.82) is 0 Å². The minimum absolute atomic E-state index is 0.0260. The van der Waals surface area contributed by atoms with Crippen molar-refractivity contribution in [2.75, 3.05) is 6.54 Å². The number of carbonyl (C=O) groups is 1. The van der Waals surface area contributed by atoms with Crippen molar-refractivity contribution < 1.29 is 4.79 Å². The van der Waals surface area contributed by atoms with Gasteiger partial charge in [0, 0.05) is 17.6 Å². The van der Waals surface area contributed by atoms with Gasteiger partial charge in [-0.3, -0.25) is 4.79 Å². The Hall–Kier alpha value is -0.940. The average molecular weight is 269 g/mol. The van der Waals surface area contributed by atoms with Gasteiger partial charge in [-0.05, 0) is 32.6 Å². The number of carbonyl (C=O) groups excluding carboxylic acids is 1. The van der Waals surface area contributed by atoms with E-state index in [9.17, 15) is 4.79 Å². The van der Waals surface area contributed by atoms with E-state index in [-0.39, 0.29) is 11.9 Å². The third-order valence-electron chi connectivity index (χ3n) is 2.72. The van der Waals surface area contributed by atoms with Crippen LogP contribution in [0.4, 0.5) is 0 Å². The van der Waals surface area contributed by atoms with E-state index in [0.717, 1.165) is 37.8 Å². The molecular formula is C13H23N3OS. The van der Waals surface area contributed by atoms with Crippen molar-refractivity contribution in [1.82, 2.24) is 10.3 Å². The quantitative estimate of drug-likeness (QED) is 0.709. The average Bonchev–Trinajstić information content (AvgIpc) is 2.74. The lowest BCUT2D eigenvalue weighted by molar-refractivity contribution is -0.122. The molecule has 1 unspecified atom stereocenters. The van der Waals surface area contributed by atoms with Crippen molar-refractivity contribution >= 4 is 17.2 Å². The molecule has 0 aliphatic heterocycles. The van der Waals surface area contributed by atoms with Gasteiger partial charge in [-0.2, -0.15) is 0 Å². The Bertz CT molecular complexity index is 365. The van der Waals surface area contributed by atoms with Crippen LogP contribution >= 0.6 is 11.3 Å².